The predicted octanol–water partition coefficient (Wildman–Crippen LogP) is 7.46. The Hall–Kier alpha value is -5.32. The minimum atomic E-state index is -0.597. The van der Waals surface area contributed by atoms with Crippen LogP contribution in [0.4, 0.5) is 4.79 Å². The molecule has 1 fully saturated rings. The van der Waals surface area contributed by atoms with E-state index in [9.17, 15) is 14.7 Å². The Balaban J connectivity index is 1.20. The molecular weight excluding hydrogens is 666 g/mol. The number of aliphatic hydroxyl groups excluding tert-OH is 1. The van der Waals surface area contributed by atoms with Crippen LogP contribution in [0.5, 0.6) is 0 Å². The number of rotatable bonds is 15. The SMILES string of the molecule is CCOC(=O)CNC(=O)NCc1ccccc1-c1ccc([C@H]2O[C@@H](CN(Cc3ccccc3)Cc3ccccc3)C[C@@H](c3ccc(CO)cc3)O2)cc1. The van der Waals surface area contributed by atoms with E-state index in [1.54, 1.807) is 6.92 Å². The van der Waals surface area contributed by atoms with E-state index in [1.807, 2.05) is 84.9 Å². The van der Waals surface area contributed by atoms with Gasteiger partial charge in [0, 0.05) is 38.2 Å². The molecule has 2 amide bonds. The zero-order valence-corrected chi connectivity index (χ0v) is 30.0. The van der Waals surface area contributed by atoms with Crippen LogP contribution in [0.2, 0.25) is 0 Å². The number of urea groups is 1. The van der Waals surface area contributed by atoms with Crippen molar-refractivity contribution in [1.29, 1.82) is 0 Å². The van der Waals surface area contributed by atoms with Crippen LogP contribution in [-0.4, -0.2) is 47.8 Å². The highest BCUT2D eigenvalue weighted by Gasteiger charge is 2.33. The van der Waals surface area contributed by atoms with Crippen molar-refractivity contribution in [1.82, 2.24) is 15.5 Å². The van der Waals surface area contributed by atoms with Crippen molar-refractivity contribution in [3.63, 3.8) is 0 Å². The van der Waals surface area contributed by atoms with E-state index in [2.05, 4.69) is 64.1 Å². The molecule has 274 valence electrons. The second-order valence-corrected chi connectivity index (χ2v) is 13.1. The first-order valence-electron chi connectivity index (χ1n) is 18.1. The molecule has 3 atom stereocenters. The number of hydrogen-bond acceptors (Lipinski definition) is 7. The fourth-order valence-electron chi connectivity index (χ4n) is 6.57. The molecule has 53 heavy (non-hydrogen) atoms. The van der Waals surface area contributed by atoms with E-state index in [1.165, 1.54) is 11.1 Å². The van der Waals surface area contributed by atoms with Crippen LogP contribution in [0, 0.1) is 0 Å². The van der Waals surface area contributed by atoms with Crippen molar-refractivity contribution >= 4 is 12.0 Å². The molecule has 5 aromatic carbocycles. The first-order valence-corrected chi connectivity index (χ1v) is 18.1. The molecule has 3 N–H and O–H groups in total. The van der Waals surface area contributed by atoms with Gasteiger partial charge < -0.3 is 30.0 Å². The van der Waals surface area contributed by atoms with Crippen LogP contribution < -0.4 is 10.6 Å². The molecule has 1 aliphatic rings. The zero-order valence-electron chi connectivity index (χ0n) is 30.0. The maximum atomic E-state index is 12.4. The molecule has 1 saturated heterocycles. The monoisotopic (exact) mass is 713 g/mol. The Labute approximate surface area is 311 Å². The van der Waals surface area contributed by atoms with Crippen LogP contribution in [0.25, 0.3) is 11.1 Å². The topological polar surface area (TPSA) is 109 Å². The Morgan fingerprint density at radius 3 is 2.00 bits per heavy atom. The summed E-state index contributed by atoms with van der Waals surface area (Å²) in [6.07, 6.45) is -0.241. The first-order chi connectivity index (χ1) is 26.0. The van der Waals surface area contributed by atoms with Crippen molar-refractivity contribution in [2.45, 2.75) is 58.1 Å². The van der Waals surface area contributed by atoms with Gasteiger partial charge in [-0.3, -0.25) is 9.69 Å². The average Bonchev–Trinajstić information content (AvgIpc) is 3.20. The Morgan fingerprint density at radius 1 is 0.736 bits per heavy atom. The molecule has 0 aromatic heterocycles. The van der Waals surface area contributed by atoms with Gasteiger partial charge in [0.2, 0.25) is 0 Å². The summed E-state index contributed by atoms with van der Waals surface area (Å²) in [5.74, 6) is -0.483. The second kappa shape index (κ2) is 19.0. The minimum absolute atomic E-state index is 0.0116. The first kappa shape index (κ1) is 37.4. The molecule has 9 heteroatoms. The molecule has 0 aliphatic carbocycles. The molecule has 0 unspecified atom stereocenters. The van der Waals surface area contributed by atoms with Crippen LogP contribution >= 0.6 is 0 Å². The maximum absolute atomic E-state index is 12.4. The number of esters is 1. The van der Waals surface area contributed by atoms with Gasteiger partial charge in [0.1, 0.15) is 6.54 Å². The number of amides is 2. The lowest BCUT2D eigenvalue weighted by atomic mass is 9.97. The number of aliphatic hydroxyl groups is 1. The van der Waals surface area contributed by atoms with Crippen molar-refractivity contribution in [3.05, 3.63) is 167 Å². The summed E-state index contributed by atoms with van der Waals surface area (Å²) in [5.41, 5.74) is 8.18. The lowest BCUT2D eigenvalue weighted by Gasteiger charge is -2.38. The van der Waals surface area contributed by atoms with Gasteiger partial charge in [-0.05, 0) is 45.9 Å². The Morgan fingerprint density at radius 2 is 1.36 bits per heavy atom. The summed E-state index contributed by atoms with van der Waals surface area (Å²) >= 11 is 0. The van der Waals surface area contributed by atoms with Crippen LogP contribution in [0.15, 0.2) is 133 Å². The third-order valence-corrected chi connectivity index (χ3v) is 9.22. The summed E-state index contributed by atoms with van der Waals surface area (Å²) < 4.78 is 18.3. The summed E-state index contributed by atoms with van der Waals surface area (Å²) in [6, 6.07) is 44.6. The van der Waals surface area contributed by atoms with E-state index in [0.29, 0.717) is 13.0 Å². The molecule has 9 nitrogen and oxygen atoms in total. The normalized spacial score (nSPS) is 16.9. The van der Waals surface area contributed by atoms with E-state index < -0.39 is 18.3 Å². The van der Waals surface area contributed by atoms with Crippen molar-refractivity contribution in [2.75, 3.05) is 19.7 Å². The number of benzene rings is 5. The fourth-order valence-corrected chi connectivity index (χ4v) is 6.57. The summed E-state index contributed by atoms with van der Waals surface area (Å²) in [5, 5.41) is 15.0. The summed E-state index contributed by atoms with van der Waals surface area (Å²) in [6.45, 7) is 4.33. The number of carbonyl (C=O) groups excluding carboxylic acids is 2. The molecule has 0 radical (unpaired) electrons. The Kier molecular flexibility index (Phi) is 13.4. The van der Waals surface area contributed by atoms with Gasteiger partial charge in [0.15, 0.2) is 6.29 Å². The number of hydrogen-bond donors (Lipinski definition) is 3. The lowest BCUT2D eigenvalue weighted by molar-refractivity contribution is -0.253. The third-order valence-electron chi connectivity index (χ3n) is 9.22. The van der Waals surface area contributed by atoms with Crippen molar-refractivity contribution in [3.8, 4) is 11.1 Å². The molecule has 1 aliphatic heterocycles. The van der Waals surface area contributed by atoms with Gasteiger partial charge in [0.25, 0.3) is 0 Å². The summed E-state index contributed by atoms with van der Waals surface area (Å²) in [7, 11) is 0. The molecular formula is C44H47N3O6. The molecule has 1 heterocycles. The van der Waals surface area contributed by atoms with Gasteiger partial charge in [-0.2, -0.15) is 0 Å². The number of carbonyl (C=O) groups is 2. The number of nitrogens with zero attached hydrogens (tertiary/aromatic N) is 1. The highest BCUT2D eigenvalue weighted by atomic mass is 16.7. The van der Waals surface area contributed by atoms with Crippen LogP contribution in [0.3, 0.4) is 0 Å². The largest absolute Gasteiger partial charge is 0.465 e. The van der Waals surface area contributed by atoms with Gasteiger partial charge in [0.05, 0.1) is 25.4 Å². The predicted molar refractivity (Wildman–Crippen MR) is 204 cm³/mol. The summed E-state index contributed by atoms with van der Waals surface area (Å²) in [4.78, 5) is 26.4. The number of ether oxygens (including phenoxy) is 3. The quantitative estimate of drug-likeness (QED) is 0.0968. The lowest BCUT2D eigenvalue weighted by Crippen LogP contribution is -2.39. The second-order valence-electron chi connectivity index (χ2n) is 13.1. The fraction of sp³-hybridized carbons (Fsp3) is 0.273. The molecule has 0 saturated carbocycles. The zero-order chi connectivity index (χ0) is 36.8. The van der Waals surface area contributed by atoms with Crippen molar-refractivity contribution in [2.24, 2.45) is 0 Å². The smallest absolute Gasteiger partial charge is 0.325 e. The van der Waals surface area contributed by atoms with E-state index in [-0.39, 0.29) is 38.5 Å². The van der Waals surface area contributed by atoms with Crippen molar-refractivity contribution < 1.29 is 28.9 Å². The van der Waals surface area contributed by atoms with E-state index in [4.69, 9.17) is 14.2 Å². The van der Waals surface area contributed by atoms with Gasteiger partial charge in [-0.15, -0.1) is 0 Å². The van der Waals surface area contributed by atoms with Crippen LogP contribution in [0.1, 0.15) is 59.1 Å². The molecule has 0 spiro atoms. The van der Waals surface area contributed by atoms with Gasteiger partial charge in [-0.25, -0.2) is 4.79 Å². The number of nitrogens with one attached hydrogen (secondary N) is 2. The standard InChI is InChI=1S/C44H47N3O6/c1-2-51-42(49)27-46-44(50)45-26-38-15-9-10-16-40(38)35-21-23-37(24-22-35)43-52-39(25-41(53-43)36-19-17-34(31-48)18-20-36)30-47(28-32-11-5-3-6-12-32)29-33-13-7-4-8-14-33/h3-24,39,41,43,48H,2,25-31H2,1H3,(H2,45,46,50)/t39-,41+,43+/m1/s1. The highest BCUT2D eigenvalue weighted by Crippen LogP contribution is 2.39. The highest BCUT2D eigenvalue weighted by molar-refractivity contribution is 5.81. The average molecular weight is 714 g/mol. The third kappa shape index (κ3) is 10.8. The molecule has 6 rings (SSSR count). The maximum Gasteiger partial charge on any atom is 0.325 e. The van der Waals surface area contributed by atoms with Gasteiger partial charge in [-0.1, -0.05) is 133 Å². The van der Waals surface area contributed by atoms with Crippen LogP contribution in [-0.2, 0) is 45.2 Å². The van der Waals surface area contributed by atoms with Gasteiger partial charge >= 0.3 is 12.0 Å². The minimum Gasteiger partial charge on any atom is -0.465 e. The Bertz CT molecular complexity index is 1850. The molecule has 5 aromatic rings. The van der Waals surface area contributed by atoms with E-state index in [0.717, 1.165) is 46.5 Å². The van der Waals surface area contributed by atoms with E-state index >= 15 is 0 Å². The molecule has 0 bridgehead atoms.